The topological polar surface area (TPSA) is 61.8 Å². The van der Waals surface area contributed by atoms with Gasteiger partial charge in [0, 0.05) is 25.4 Å². The van der Waals surface area contributed by atoms with Gasteiger partial charge in [-0.3, -0.25) is 9.59 Å². The van der Waals surface area contributed by atoms with E-state index < -0.39 is 0 Å². The third-order valence-electron chi connectivity index (χ3n) is 11.4. The average Bonchev–Trinajstić information content (AvgIpc) is 3.19. The molecule has 0 N–H and O–H groups in total. The van der Waals surface area contributed by atoms with Crippen molar-refractivity contribution in [3.63, 3.8) is 0 Å². The fraction of sp³-hybridized carbons (Fsp3) is 0.933. The lowest BCUT2D eigenvalue weighted by molar-refractivity contribution is -0.181. The van der Waals surface area contributed by atoms with Crippen molar-refractivity contribution in [1.82, 2.24) is 0 Å². The van der Waals surface area contributed by atoms with Gasteiger partial charge in [-0.25, -0.2) is 0 Å². The molecule has 0 aliphatic heterocycles. The number of carbonyl (C=O) groups is 2. The van der Waals surface area contributed by atoms with Crippen LogP contribution >= 0.6 is 0 Å². The predicted octanol–water partition coefficient (Wildman–Crippen LogP) is 6.43. The molecular weight excluding hydrogens is 440 g/mol. The van der Waals surface area contributed by atoms with E-state index in [1.54, 1.807) is 7.11 Å². The highest BCUT2D eigenvalue weighted by Gasteiger charge is 2.65. The molecule has 0 aromatic rings. The maximum Gasteiger partial charge on any atom is 0.305 e. The molecule has 0 aromatic heterocycles. The van der Waals surface area contributed by atoms with Crippen LogP contribution < -0.4 is 0 Å². The molecule has 200 valence electrons. The second-order valence-corrected chi connectivity index (χ2v) is 12.8. The van der Waals surface area contributed by atoms with Crippen molar-refractivity contribution >= 4 is 11.8 Å². The molecule has 10 atom stereocenters. The van der Waals surface area contributed by atoms with Crippen molar-refractivity contribution in [2.45, 2.75) is 105 Å². The lowest BCUT2D eigenvalue weighted by Crippen LogP contribution is -2.60. The first-order valence-electron chi connectivity index (χ1n) is 14.5. The second-order valence-electron chi connectivity index (χ2n) is 12.8. The first-order chi connectivity index (χ1) is 16.7. The van der Waals surface area contributed by atoms with Crippen molar-refractivity contribution in [3.8, 4) is 0 Å². The van der Waals surface area contributed by atoms with Gasteiger partial charge in [0.25, 0.3) is 0 Å². The van der Waals surface area contributed by atoms with Crippen LogP contribution in [0.2, 0.25) is 0 Å². The summed E-state index contributed by atoms with van der Waals surface area (Å²) in [7, 11) is 1.68. The van der Waals surface area contributed by atoms with Crippen molar-refractivity contribution in [2.75, 3.05) is 20.5 Å². The van der Waals surface area contributed by atoms with Crippen LogP contribution in [0.15, 0.2) is 0 Å². The van der Waals surface area contributed by atoms with Crippen LogP contribution in [0.25, 0.3) is 0 Å². The molecule has 35 heavy (non-hydrogen) atoms. The minimum atomic E-state index is -0.0694. The minimum absolute atomic E-state index is 0.0694. The summed E-state index contributed by atoms with van der Waals surface area (Å²) >= 11 is 0. The number of Topliss-reactive ketones (excluding diaryl/α,β-unsaturated/α-hetero) is 1. The van der Waals surface area contributed by atoms with E-state index in [1.807, 2.05) is 6.92 Å². The van der Waals surface area contributed by atoms with E-state index in [9.17, 15) is 9.59 Å². The van der Waals surface area contributed by atoms with Crippen molar-refractivity contribution in [1.29, 1.82) is 0 Å². The smallest absolute Gasteiger partial charge is 0.305 e. The Hall–Kier alpha value is -0.940. The monoisotopic (exact) mass is 490 g/mol. The molecule has 0 bridgehead atoms. The zero-order valence-electron chi connectivity index (χ0n) is 23.1. The van der Waals surface area contributed by atoms with Crippen LogP contribution in [0.4, 0.5) is 0 Å². The molecular formula is C30H50O5. The first-order valence-corrected chi connectivity index (χ1v) is 14.5. The van der Waals surface area contributed by atoms with Gasteiger partial charge in [-0.05, 0) is 105 Å². The molecule has 4 aliphatic rings. The highest BCUT2D eigenvalue weighted by atomic mass is 16.7. The summed E-state index contributed by atoms with van der Waals surface area (Å²) < 4.78 is 16.4. The lowest BCUT2D eigenvalue weighted by Gasteiger charge is -2.62. The summed E-state index contributed by atoms with van der Waals surface area (Å²) in [5.74, 6) is 3.42. The van der Waals surface area contributed by atoms with Gasteiger partial charge in [-0.1, -0.05) is 27.7 Å². The number of esters is 1. The number of fused-ring (bicyclic) bond motifs is 5. The third-order valence-corrected chi connectivity index (χ3v) is 11.4. The second kappa shape index (κ2) is 10.8. The van der Waals surface area contributed by atoms with Crippen molar-refractivity contribution in [3.05, 3.63) is 0 Å². The average molecular weight is 491 g/mol. The Morgan fingerprint density at radius 2 is 1.74 bits per heavy atom. The maximum absolute atomic E-state index is 14.2. The predicted molar refractivity (Wildman–Crippen MR) is 137 cm³/mol. The van der Waals surface area contributed by atoms with Gasteiger partial charge in [0.05, 0.1) is 12.7 Å². The summed E-state index contributed by atoms with van der Waals surface area (Å²) in [5.41, 5.74) is 0.451. The molecule has 0 aromatic carbocycles. The molecule has 0 saturated heterocycles. The van der Waals surface area contributed by atoms with Gasteiger partial charge >= 0.3 is 5.97 Å². The van der Waals surface area contributed by atoms with E-state index in [1.165, 1.54) is 32.1 Å². The van der Waals surface area contributed by atoms with Gasteiger partial charge in [-0.2, -0.15) is 0 Å². The first kappa shape index (κ1) is 27.1. The summed E-state index contributed by atoms with van der Waals surface area (Å²) in [6.45, 7) is 12.2. The normalized spacial score (nSPS) is 43.7. The van der Waals surface area contributed by atoms with Crippen molar-refractivity contribution in [2.24, 2.45) is 52.3 Å². The zero-order valence-corrected chi connectivity index (χ0v) is 23.1. The van der Waals surface area contributed by atoms with Gasteiger partial charge in [0.2, 0.25) is 0 Å². The van der Waals surface area contributed by atoms with Gasteiger partial charge in [-0.15, -0.1) is 0 Å². The largest absolute Gasteiger partial charge is 0.466 e. The highest BCUT2D eigenvalue weighted by molar-refractivity contribution is 5.86. The van der Waals surface area contributed by atoms with E-state index in [4.69, 9.17) is 14.2 Å². The fourth-order valence-electron chi connectivity index (χ4n) is 9.69. The Morgan fingerprint density at radius 3 is 2.43 bits per heavy atom. The zero-order chi connectivity index (χ0) is 25.4. The van der Waals surface area contributed by atoms with E-state index in [-0.39, 0.29) is 34.7 Å². The number of ketones is 1. The molecule has 5 heteroatoms. The molecule has 0 spiro atoms. The number of carbonyl (C=O) groups excluding carboxylic acids is 2. The van der Waals surface area contributed by atoms with Crippen LogP contribution in [-0.4, -0.2) is 38.4 Å². The van der Waals surface area contributed by atoms with Crippen LogP contribution in [-0.2, 0) is 23.8 Å². The van der Waals surface area contributed by atoms with Gasteiger partial charge in [0.1, 0.15) is 12.6 Å². The number of hydrogen-bond acceptors (Lipinski definition) is 5. The van der Waals surface area contributed by atoms with Gasteiger partial charge < -0.3 is 14.2 Å². The molecule has 4 rings (SSSR count). The molecule has 0 radical (unpaired) electrons. The van der Waals surface area contributed by atoms with Crippen LogP contribution in [0.5, 0.6) is 0 Å². The summed E-state index contributed by atoms with van der Waals surface area (Å²) in [4.78, 5) is 26.2. The number of methoxy groups -OCH3 is 1. The molecule has 4 saturated carbocycles. The number of hydrogen-bond donors (Lipinski definition) is 0. The molecule has 0 amide bonds. The maximum atomic E-state index is 14.2. The molecule has 2 unspecified atom stereocenters. The SMILES string of the molecule is CCOC(=O)CCC(C)[C@H]1CC[C@H]2[C@@H]3C(=O)C(CC)[C@@H]4C[C@H](OCOC)CC[C@]4(C)[C@H]3CC[C@]12C. The van der Waals surface area contributed by atoms with Crippen molar-refractivity contribution < 1.29 is 23.8 Å². The van der Waals surface area contributed by atoms with E-state index in [0.717, 1.165) is 25.7 Å². The van der Waals surface area contributed by atoms with E-state index in [2.05, 4.69) is 27.7 Å². The summed E-state index contributed by atoms with van der Waals surface area (Å²) in [6, 6.07) is 0. The molecule has 5 nitrogen and oxygen atoms in total. The quantitative estimate of drug-likeness (QED) is 0.275. The van der Waals surface area contributed by atoms with Crippen LogP contribution in [0.3, 0.4) is 0 Å². The van der Waals surface area contributed by atoms with E-state index >= 15 is 0 Å². The van der Waals surface area contributed by atoms with Gasteiger partial charge in [0.15, 0.2) is 0 Å². The van der Waals surface area contributed by atoms with E-state index in [0.29, 0.717) is 55.2 Å². The summed E-state index contributed by atoms with van der Waals surface area (Å²) in [5, 5.41) is 0. The standard InChI is InChI=1S/C30H50O5/c1-7-21-25-17-20(35-18-33-6)13-15-30(25,5)24-14-16-29(4)22(10-11-23(29)27(24)28(21)32)19(3)9-12-26(31)34-8-2/h19-25,27H,7-18H2,1-6H3/t19?,20-,21?,22-,23+,24+,25+,27+,29-,30-/m1/s1. The Kier molecular flexibility index (Phi) is 8.37. The Balaban J connectivity index is 1.53. The Labute approximate surface area is 213 Å². The van der Waals surface area contributed by atoms with Crippen LogP contribution in [0.1, 0.15) is 98.8 Å². The number of rotatable bonds is 9. The fourth-order valence-corrected chi connectivity index (χ4v) is 9.69. The third kappa shape index (κ3) is 4.74. The summed E-state index contributed by atoms with van der Waals surface area (Å²) in [6.07, 6.45) is 10.6. The molecule has 0 heterocycles. The van der Waals surface area contributed by atoms with Crippen LogP contribution in [0, 0.1) is 52.3 Å². The lowest BCUT2D eigenvalue weighted by atomic mass is 9.42. The molecule has 4 fully saturated rings. The highest BCUT2D eigenvalue weighted by Crippen LogP contribution is 2.68. The Morgan fingerprint density at radius 1 is 1.03 bits per heavy atom. The molecule has 4 aliphatic carbocycles. The number of ether oxygens (including phenoxy) is 3. The minimum Gasteiger partial charge on any atom is -0.466 e. The Bertz CT molecular complexity index is 766.